The van der Waals surface area contributed by atoms with E-state index >= 15 is 0 Å². The lowest BCUT2D eigenvalue weighted by molar-refractivity contribution is -0.193. The summed E-state index contributed by atoms with van der Waals surface area (Å²) < 4.78 is 42.1. The number of aromatic nitrogens is 1. The molecule has 1 aromatic heterocycles. The number of carbonyl (C=O) groups is 1. The molecule has 0 bridgehead atoms. The molecule has 2 atom stereocenters. The van der Waals surface area contributed by atoms with Crippen molar-refractivity contribution in [3.05, 3.63) is 59.4 Å². The number of pyridine rings is 1. The molecule has 0 saturated heterocycles. The minimum atomic E-state index is -4.62. The first-order chi connectivity index (χ1) is 15.9. The molecule has 8 heteroatoms. The maximum Gasteiger partial charge on any atom is 0.414 e. The Bertz CT molecular complexity index is 1030. The van der Waals surface area contributed by atoms with E-state index in [1.54, 1.807) is 6.07 Å². The van der Waals surface area contributed by atoms with E-state index in [1.165, 1.54) is 30.4 Å². The number of benzene rings is 1. The smallest absolute Gasteiger partial charge is 0.380 e. The van der Waals surface area contributed by atoms with E-state index in [1.807, 2.05) is 31.1 Å². The molecule has 1 heterocycles. The number of nitrogens with one attached hydrogen (secondary N) is 1. The van der Waals surface area contributed by atoms with Crippen molar-refractivity contribution in [1.29, 1.82) is 0 Å². The van der Waals surface area contributed by atoms with E-state index in [0.717, 1.165) is 11.3 Å². The summed E-state index contributed by atoms with van der Waals surface area (Å²) in [4.78, 5) is 19.8. The maximum atomic E-state index is 14.0. The summed E-state index contributed by atoms with van der Waals surface area (Å²) in [6, 6.07) is 9.56. The number of hydrogen-bond donors (Lipinski definition) is 1. The monoisotopic (exact) mass is 474 g/mol. The summed E-state index contributed by atoms with van der Waals surface area (Å²) in [6.07, 6.45) is -1.18. The van der Waals surface area contributed by atoms with E-state index in [9.17, 15) is 18.0 Å². The van der Waals surface area contributed by atoms with E-state index < -0.39 is 18.1 Å². The van der Waals surface area contributed by atoms with Gasteiger partial charge in [-0.05, 0) is 56.6 Å². The van der Waals surface area contributed by atoms with Crippen molar-refractivity contribution < 1.29 is 18.0 Å². The molecule has 2 unspecified atom stereocenters. The molecule has 0 spiro atoms. The van der Waals surface area contributed by atoms with Crippen molar-refractivity contribution in [3.8, 4) is 0 Å². The lowest BCUT2D eigenvalue weighted by atomic mass is 9.78. The average molecular weight is 475 g/mol. The van der Waals surface area contributed by atoms with Gasteiger partial charge in [-0.1, -0.05) is 38.1 Å². The van der Waals surface area contributed by atoms with Gasteiger partial charge in [0.15, 0.2) is 6.04 Å². The summed E-state index contributed by atoms with van der Waals surface area (Å²) >= 11 is 0. The highest BCUT2D eigenvalue weighted by Crippen LogP contribution is 2.41. The fourth-order valence-electron chi connectivity index (χ4n) is 5.29. The van der Waals surface area contributed by atoms with Gasteiger partial charge >= 0.3 is 6.18 Å². The number of hydrogen-bond acceptors (Lipinski definition) is 4. The van der Waals surface area contributed by atoms with Gasteiger partial charge in [-0.25, -0.2) is 0 Å². The van der Waals surface area contributed by atoms with E-state index in [-0.39, 0.29) is 29.1 Å². The Labute approximate surface area is 199 Å². The molecule has 1 N–H and O–H groups in total. The number of alkyl halides is 3. The standard InChI is InChI=1S/C26H33F3N4O/c1-25(2)20-9-7-6-8-16(20)14-22(25)31-18-10-11-21(30-15-18)23(26(27,28)29)33(5)24(34)17-12-19(13-17)32(3)4/h6-11,15,17,19,22-23,31H,12-14H2,1-5H3. The molecular weight excluding hydrogens is 441 g/mol. The Morgan fingerprint density at radius 1 is 1.12 bits per heavy atom. The zero-order valence-electron chi connectivity index (χ0n) is 20.4. The van der Waals surface area contributed by atoms with Crippen molar-refractivity contribution in [2.45, 2.75) is 62.8 Å². The summed E-state index contributed by atoms with van der Waals surface area (Å²) in [5, 5.41) is 3.46. The Balaban J connectivity index is 1.48. The van der Waals surface area contributed by atoms with Gasteiger partial charge in [0.05, 0.1) is 17.6 Å². The Morgan fingerprint density at radius 3 is 2.35 bits per heavy atom. The van der Waals surface area contributed by atoms with Gasteiger partial charge in [-0.15, -0.1) is 0 Å². The molecular formula is C26H33F3N4O. The van der Waals surface area contributed by atoms with Crippen molar-refractivity contribution in [2.24, 2.45) is 5.92 Å². The zero-order valence-corrected chi connectivity index (χ0v) is 20.4. The van der Waals surface area contributed by atoms with Crippen molar-refractivity contribution in [2.75, 3.05) is 26.5 Å². The van der Waals surface area contributed by atoms with Crippen LogP contribution in [0.1, 0.15) is 49.6 Å². The number of amides is 1. The molecule has 2 aromatic rings. The van der Waals surface area contributed by atoms with Gasteiger partial charge < -0.3 is 15.1 Å². The maximum absolute atomic E-state index is 14.0. The second-order valence-electron chi connectivity index (χ2n) is 10.4. The van der Waals surface area contributed by atoms with Gasteiger partial charge in [0.1, 0.15) is 0 Å². The van der Waals surface area contributed by atoms with Crippen molar-refractivity contribution >= 4 is 11.6 Å². The quantitative estimate of drug-likeness (QED) is 0.654. The van der Waals surface area contributed by atoms with Crippen LogP contribution in [0, 0.1) is 5.92 Å². The lowest BCUT2D eigenvalue weighted by Gasteiger charge is -2.41. The minimum absolute atomic E-state index is 0.100. The van der Waals surface area contributed by atoms with E-state index in [0.29, 0.717) is 18.5 Å². The van der Waals surface area contributed by atoms with Gasteiger partial charge in [0.25, 0.3) is 0 Å². The molecule has 5 nitrogen and oxygen atoms in total. The Hall–Kier alpha value is -2.61. The van der Waals surface area contributed by atoms with Crippen LogP contribution in [0.2, 0.25) is 0 Å². The molecule has 2 aliphatic rings. The van der Waals surface area contributed by atoms with E-state index in [4.69, 9.17) is 0 Å². The first-order valence-electron chi connectivity index (χ1n) is 11.7. The molecule has 1 amide bonds. The number of fused-ring (bicyclic) bond motifs is 1. The predicted octanol–water partition coefficient (Wildman–Crippen LogP) is 4.80. The molecule has 0 radical (unpaired) electrons. The number of rotatable bonds is 6. The number of nitrogens with zero attached hydrogens (tertiary/aromatic N) is 3. The van der Waals surface area contributed by atoms with Crippen LogP contribution in [0.4, 0.5) is 18.9 Å². The highest BCUT2D eigenvalue weighted by Gasteiger charge is 2.49. The third-order valence-electron chi connectivity index (χ3n) is 7.65. The van der Waals surface area contributed by atoms with Gasteiger partial charge in [-0.3, -0.25) is 9.78 Å². The zero-order chi connectivity index (χ0) is 24.8. The first kappa shape index (κ1) is 24.5. The summed E-state index contributed by atoms with van der Waals surface area (Å²) in [6.45, 7) is 4.33. The van der Waals surface area contributed by atoms with Crippen LogP contribution in [0.25, 0.3) is 0 Å². The number of anilines is 1. The molecule has 1 fully saturated rings. The summed E-state index contributed by atoms with van der Waals surface area (Å²) in [7, 11) is 5.06. The van der Waals surface area contributed by atoms with Crippen LogP contribution < -0.4 is 5.32 Å². The van der Waals surface area contributed by atoms with Crippen LogP contribution in [-0.4, -0.2) is 60.1 Å². The average Bonchev–Trinajstić information content (AvgIpc) is 2.97. The summed E-state index contributed by atoms with van der Waals surface area (Å²) in [5.41, 5.74) is 2.92. The molecule has 1 aromatic carbocycles. The third-order valence-corrected chi connectivity index (χ3v) is 7.65. The molecule has 34 heavy (non-hydrogen) atoms. The highest BCUT2D eigenvalue weighted by atomic mass is 19.4. The largest absolute Gasteiger partial charge is 0.414 e. The molecule has 4 rings (SSSR count). The first-order valence-corrected chi connectivity index (χ1v) is 11.7. The molecule has 1 saturated carbocycles. The van der Waals surface area contributed by atoms with Crippen molar-refractivity contribution in [1.82, 2.24) is 14.8 Å². The topological polar surface area (TPSA) is 48.5 Å². The van der Waals surface area contributed by atoms with Crippen LogP contribution in [0.15, 0.2) is 42.6 Å². The number of halogens is 3. The minimum Gasteiger partial charge on any atom is -0.380 e. The van der Waals surface area contributed by atoms with Gasteiger partial charge in [0, 0.05) is 30.5 Å². The molecule has 2 aliphatic carbocycles. The third kappa shape index (κ3) is 4.52. The van der Waals surface area contributed by atoms with Gasteiger partial charge in [-0.2, -0.15) is 13.2 Å². The Kier molecular flexibility index (Phi) is 6.40. The van der Waals surface area contributed by atoms with Crippen LogP contribution in [0.3, 0.4) is 0 Å². The molecule has 184 valence electrons. The SMILES string of the molecule is CN(C)C1CC(C(=O)N(C)C(c2ccc(NC3Cc4ccccc4C3(C)C)cn2)C(F)(F)F)C1. The fourth-order valence-corrected chi connectivity index (χ4v) is 5.29. The van der Waals surface area contributed by atoms with Crippen LogP contribution in [0.5, 0.6) is 0 Å². The normalized spacial score (nSPS) is 24.3. The fraction of sp³-hybridized carbons (Fsp3) is 0.538. The lowest BCUT2D eigenvalue weighted by Crippen LogP contribution is -2.50. The van der Waals surface area contributed by atoms with Crippen LogP contribution >= 0.6 is 0 Å². The van der Waals surface area contributed by atoms with Gasteiger partial charge in [0.2, 0.25) is 5.91 Å². The summed E-state index contributed by atoms with van der Waals surface area (Å²) in [5.74, 6) is -0.857. The predicted molar refractivity (Wildman–Crippen MR) is 127 cm³/mol. The second kappa shape index (κ2) is 8.87. The van der Waals surface area contributed by atoms with E-state index in [2.05, 4.69) is 36.3 Å². The van der Waals surface area contributed by atoms with Crippen LogP contribution in [-0.2, 0) is 16.6 Å². The molecule has 0 aliphatic heterocycles. The Morgan fingerprint density at radius 2 is 1.79 bits per heavy atom. The highest BCUT2D eigenvalue weighted by molar-refractivity contribution is 5.80. The van der Waals surface area contributed by atoms with Crippen molar-refractivity contribution in [3.63, 3.8) is 0 Å². The second-order valence-corrected chi connectivity index (χ2v) is 10.4. The number of carbonyl (C=O) groups excluding carboxylic acids is 1.